The van der Waals surface area contributed by atoms with Gasteiger partial charge in [-0.05, 0) is 30.9 Å². The lowest BCUT2D eigenvalue weighted by atomic mass is 10.0. The Kier molecular flexibility index (Phi) is 6.45. The summed E-state index contributed by atoms with van der Waals surface area (Å²) in [6.07, 6.45) is 1.21. The number of carboxylic acids is 1. The Bertz CT molecular complexity index is 559. The molecule has 0 saturated carbocycles. The Morgan fingerprint density at radius 3 is 2.60 bits per heavy atom. The Labute approximate surface area is 124 Å². The number of hydrogen-bond donors (Lipinski definition) is 2. The monoisotopic (exact) mass is 319 g/mol. The molecule has 0 aliphatic heterocycles. The number of carboxylic acid groups (broad SMARTS) is 1. The van der Waals surface area contributed by atoms with Gasteiger partial charge in [-0.25, -0.2) is 13.1 Å². The molecule has 0 heterocycles. The largest absolute Gasteiger partial charge is 0.481 e. The van der Waals surface area contributed by atoms with E-state index in [1.165, 1.54) is 12.1 Å². The SMILES string of the molecule is CC(CCNS(=O)(=O)c1ccccc1Cl)CCC(=O)O. The molecule has 20 heavy (non-hydrogen) atoms. The first-order valence-corrected chi connectivity index (χ1v) is 8.15. The van der Waals surface area contributed by atoms with Crippen molar-refractivity contribution in [3.05, 3.63) is 29.3 Å². The van der Waals surface area contributed by atoms with Gasteiger partial charge in [0.1, 0.15) is 4.90 Å². The molecule has 0 spiro atoms. The molecule has 0 bridgehead atoms. The van der Waals surface area contributed by atoms with Gasteiger partial charge < -0.3 is 5.11 Å². The average molecular weight is 320 g/mol. The maximum Gasteiger partial charge on any atom is 0.303 e. The van der Waals surface area contributed by atoms with E-state index in [4.69, 9.17) is 16.7 Å². The van der Waals surface area contributed by atoms with Gasteiger partial charge in [0.25, 0.3) is 0 Å². The summed E-state index contributed by atoms with van der Waals surface area (Å²) in [5.41, 5.74) is 0. The third-order valence-electron chi connectivity index (χ3n) is 2.91. The zero-order chi connectivity index (χ0) is 15.2. The number of halogens is 1. The first kappa shape index (κ1) is 16.9. The van der Waals surface area contributed by atoms with Crippen molar-refractivity contribution in [2.75, 3.05) is 6.54 Å². The lowest BCUT2D eigenvalue weighted by Gasteiger charge is -2.11. The molecule has 7 heteroatoms. The number of benzene rings is 1. The van der Waals surface area contributed by atoms with Crippen LogP contribution in [0.5, 0.6) is 0 Å². The molecule has 1 atom stereocenters. The highest BCUT2D eigenvalue weighted by molar-refractivity contribution is 7.89. The van der Waals surface area contributed by atoms with Crippen molar-refractivity contribution in [3.63, 3.8) is 0 Å². The van der Waals surface area contributed by atoms with E-state index in [1.807, 2.05) is 6.92 Å². The van der Waals surface area contributed by atoms with Crippen LogP contribution in [-0.4, -0.2) is 26.0 Å². The molecule has 112 valence electrons. The molecule has 1 aromatic carbocycles. The van der Waals surface area contributed by atoms with Crippen molar-refractivity contribution in [2.24, 2.45) is 5.92 Å². The zero-order valence-corrected chi connectivity index (χ0v) is 12.7. The van der Waals surface area contributed by atoms with Gasteiger partial charge in [-0.15, -0.1) is 0 Å². The van der Waals surface area contributed by atoms with E-state index < -0.39 is 16.0 Å². The van der Waals surface area contributed by atoms with Crippen LogP contribution in [0.2, 0.25) is 5.02 Å². The molecule has 1 aromatic rings. The molecule has 5 nitrogen and oxygen atoms in total. The number of nitrogens with one attached hydrogen (secondary N) is 1. The maximum absolute atomic E-state index is 12.0. The summed E-state index contributed by atoms with van der Waals surface area (Å²) in [4.78, 5) is 10.5. The molecule has 0 saturated heterocycles. The molecule has 0 aliphatic rings. The Morgan fingerprint density at radius 1 is 1.35 bits per heavy atom. The summed E-state index contributed by atoms with van der Waals surface area (Å²) in [6.45, 7) is 2.15. The summed E-state index contributed by atoms with van der Waals surface area (Å²) in [6, 6.07) is 6.23. The van der Waals surface area contributed by atoms with E-state index >= 15 is 0 Å². The van der Waals surface area contributed by atoms with Gasteiger partial charge >= 0.3 is 5.97 Å². The molecule has 1 rings (SSSR count). The summed E-state index contributed by atoms with van der Waals surface area (Å²) in [7, 11) is -3.62. The maximum atomic E-state index is 12.0. The number of sulfonamides is 1. The van der Waals surface area contributed by atoms with E-state index in [1.54, 1.807) is 12.1 Å². The molecular weight excluding hydrogens is 302 g/mol. The zero-order valence-electron chi connectivity index (χ0n) is 11.2. The van der Waals surface area contributed by atoms with Crippen molar-refractivity contribution >= 4 is 27.6 Å². The van der Waals surface area contributed by atoms with Gasteiger partial charge in [0.2, 0.25) is 10.0 Å². The summed E-state index contributed by atoms with van der Waals surface area (Å²) >= 11 is 5.85. The van der Waals surface area contributed by atoms with Crippen LogP contribution in [0.1, 0.15) is 26.2 Å². The van der Waals surface area contributed by atoms with Crippen molar-refractivity contribution in [3.8, 4) is 0 Å². The fourth-order valence-corrected chi connectivity index (χ4v) is 3.26. The smallest absolute Gasteiger partial charge is 0.303 e. The molecular formula is C13H18ClNO4S. The Balaban J connectivity index is 2.49. The minimum Gasteiger partial charge on any atom is -0.481 e. The van der Waals surface area contributed by atoms with Gasteiger partial charge in [0.05, 0.1) is 5.02 Å². The Morgan fingerprint density at radius 2 is 2.00 bits per heavy atom. The van der Waals surface area contributed by atoms with E-state index in [0.717, 1.165) is 0 Å². The van der Waals surface area contributed by atoms with Crippen molar-refractivity contribution < 1.29 is 18.3 Å². The van der Waals surface area contributed by atoms with Gasteiger partial charge in [-0.3, -0.25) is 4.79 Å². The first-order chi connectivity index (χ1) is 9.33. The van der Waals surface area contributed by atoms with Crippen molar-refractivity contribution in [2.45, 2.75) is 31.1 Å². The molecule has 0 fully saturated rings. The number of hydrogen-bond acceptors (Lipinski definition) is 3. The third kappa shape index (κ3) is 5.48. The summed E-state index contributed by atoms with van der Waals surface area (Å²) in [5, 5.41) is 8.75. The number of carbonyl (C=O) groups is 1. The van der Waals surface area contributed by atoms with Crippen LogP contribution in [0.4, 0.5) is 0 Å². The fourth-order valence-electron chi connectivity index (χ4n) is 1.69. The van der Waals surface area contributed by atoms with Crippen LogP contribution in [0.3, 0.4) is 0 Å². The third-order valence-corrected chi connectivity index (χ3v) is 4.87. The predicted octanol–water partition coefficient (Wildman–Crippen LogP) is 2.51. The molecule has 1 unspecified atom stereocenters. The molecule has 0 aliphatic carbocycles. The van der Waals surface area contributed by atoms with E-state index in [9.17, 15) is 13.2 Å². The minimum absolute atomic E-state index is 0.0554. The first-order valence-electron chi connectivity index (χ1n) is 6.29. The fraction of sp³-hybridized carbons (Fsp3) is 0.462. The van der Waals surface area contributed by atoms with Crippen LogP contribution in [-0.2, 0) is 14.8 Å². The van der Waals surface area contributed by atoms with E-state index in [0.29, 0.717) is 12.8 Å². The van der Waals surface area contributed by atoms with E-state index in [-0.39, 0.29) is 28.8 Å². The minimum atomic E-state index is -3.62. The highest BCUT2D eigenvalue weighted by atomic mass is 35.5. The van der Waals surface area contributed by atoms with Crippen LogP contribution in [0.15, 0.2) is 29.2 Å². The number of rotatable bonds is 8. The standard InChI is InChI=1S/C13H18ClNO4S/c1-10(6-7-13(16)17)8-9-15-20(18,19)12-5-3-2-4-11(12)14/h2-5,10,15H,6-9H2,1H3,(H,16,17). The summed E-state index contributed by atoms with van der Waals surface area (Å²) < 4.78 is 26.5. The number of aliphatic carboxylic acids is 1. The van der Waals surface area contributed by atoms with Crippen LogP contribution >= 0.6 is 11.6 Å². The second-order valence-corrected chi connectivity index (χ2v) is 6.80. The van der Waals surface area contributed by atoms with Gasteiger partial charge in [-0.2, -0.15) is 0 Å². The van der Waals surface area contributed by atoms with Gasteiger partial charge in [0.15, 0.2) is 0 Å². The lowest BCUT2D eigenvalue weighted by Crippen LogP contribution is -2.26. The quantitative estimate of drug-likeness (QED) is 0.771. The van der Waals surface area contributed by atoms with Gasteiger partial charge in [-0.1, -0.05) is 30.7 Å². The van der Waals surface area contributed by atoms with Crippen molar-refractivity contribution in [1.29, 1.82) is 0 Å². The van der Waals surface area contributed by atoms with Crippen LogP contribution in [0.25, 0.3) is 0 Å². The highest BCUT2D eigenvalue weighted by Gasteiger charge is 2.17. The van der Waals surface area contributed by atoms with Crippen molar-refractivity contribution in [1.82, 2.24) is 4.72 Å². The molecule has 0 aromatic heterocycles. The lowest BCUT2D eigenvalue weighted by molar-refractivity contribution is -0.137. The summed E-state index contributed by atoms with van der Waals surface area (Å²) in [5.74, 6) is -0.700. The van der Waals surface area contributed by atoms with Crippen LogP contribution < -0.4 is 4.72 Å². The van der Waals surface area contributed by atoms with Crippen LogP contribution in [0, 0.1) is 5.92 Å². The topological polar surface area (TPSA) is 83.5 Å². The highest BCUT2D eigenvalue weighted by Crippen LogP contribution is 2.20. The second-order valence-electron chi connectivity index (χ2n) is 4.65. The molecule has 0 radical (unpaired) electrons. The Hall–Kier alpha value is -1.11. The normalized spacial score (nSPS) is 13.1. The molecule has 0 amide bonds. The van der Waals surface area contributed by atoms with E-state index in [2.05, 4.69) is 4.72 Å². The second kappa shape index (κ2) is 7.61. The predicted molar refractivity (Wildman–Crippen MR) is 77.3 cm³/mol. The van der Waals surface area contributed by atoms with Gasteiger partial charge in [0, 0.05) is 13.0 Å². The average Bonchev–Trinajstić information content (AvgIpc) is 2.36. The molecule has 2 N–H and O–H groups in total.